The van der Waals surface area contributed by atoms with Gasteiger partial charge in [0.1, 0.15) is 18.2 Å². The molecule has 2 heterocycles. The number of fused-ring (bicyclic) bond motifs is 5. The van der Waals surface area contributed by atoms with Gasteiger partial charge in [-0.25, -0.2) is 9.18 Å². The van der Waals surface area contributed by atoms with E-state index in [1.165, 1.54) is 34.4 Å². The molecule has 1 amide bonds. The van der Waals surface area contributed by atoms with E-state index in [9.17, 15) is 14.3 Å². The number of amides is 1. The summed E-state index contributed by atoms with van der Waals surface area (Å²) in [5, 5.41) is 11.4. The number of hydrogen-bond acceptors (Lipinski definition) is 4. The standard InChI is InChI=1S/C31H32FNO4/c32-21-12-14-24(15-13-21)36-17-16-31(35)18-22-6-5-7-23(19-31)33(22)30(34)37-20-29-27-10-3-1-8-25(27)26-9-2-4-11-28(26)29/h1-4,8-15,22-23,29,35H,5-7,16-20H2. The highest BCUT2D eigenvalue weighted by Crippen LogP contribution is 2.45. The average molecular weight is 502 g/mol. The van der Waals surface area contributed by atoms with Crippen LogP contribution in [0.15, 0.2) is 72.8 Å². The molecular weight excluding hydrogens is 469 g/mol. The van der Waals surface area contributed by atoms with E-state index in [0.29, 0.717) is 38.2 Å². The lowest BCUT2D eigenvalue weighted by Crippen LogP contribution is -2.60. The number of aliphatic hydroxyl groups is 1. The van der Waals surface area contributed by atoms with Crippen LogP contribution in [-0.2, 0) is 4.74 Å². The largest absolute Gasteiger partial charge is 0.493 e. The highest BCUT2D eigenvalue weighted by atomic mass is 19.1. The molecule has 3 aromatic carbocycles. The lowest BCUT2D eigenvalue weighted by Gasteiger charge is -2.51. The van der Waals surface area contributed by atoms with Crippen LogP contribution in [0, 0.1) is 5.82 Å². The van der Waals surface area contributed by atoms with E-state index in [1.807, 2.05) is 29.2 Å². The third-order valence-corrected chi connectivity index (χ3v) is 8.29. The maximum atomic E-state index is 13.4. The van der Waals surface area contributed by atoms with Crippen molar-refractivity contribution in [3.8, 4) is 16.9 Å². The lowest BCUT2D eigenvalue weighted by atomic mass is 9.74. The van der Waals surface area contributed by atoms with Gasteiger partial charge in [0.25, 0.3) is 0 Å². The molecule has 0 spiro atoms. The number of rotatable bonds is 6. The quantitative estimate of drug-likeness (QED) is 0.431. The summed E-state index contributed by atoms with van der Waals surface area (Å²) >= 11 is 0. The predicted octanol–water partition coefficient (Wildman–Crippen LogP) is 6.29. The zero-order chi connectivity index (χ0) is 25.4. The second kappa shape index (κ2) is 9.82. The van der Waals surface area contributed by atoms with Gasteiger partial charge in [-0.05, 0) is 78.6 Å². The van der Waals surface area contributed by atoms with E-state index in [4.69, 9.17) is 9.47 Å². The zero-order valence-electron chi connectivity index (χ0n) is 20.8. The first kappa shape index (κ1) is 24.0. The second-order valence-electron chi connectivity index (χ2n) is 10.6. The average Bonchev–Trinajstić information content (AvgIpc) is 3.21. The summed E-state index contributed by atoms with van der Waals surface area (Å²) in [7, 11) is 0. The van der Waals surface area contributed by atoms with Gasteiger partial charge in [-0.3, -0.25) is 0 Å². The number of piperidine rings is 2. The van der Waals surface area contributed by atoms with Gasteiger partial charge in [-0.15, -0.1) is 0 Å². The van der Waals surface area contributed by atoms with E-state index >= 15 is 0 Å². The molecule has 0 aromatic heterocycles. The maximum Gasteiger partial charge on any atom is 0.410 e. The minimum absolute atomic E-state index is 0.0292. The molecule has 5 nitrogen and oxygen atoms in total. The van der Waals surface area contributed by atoms with E-state index in [1.54, 1.807) is 12.1 Å². The molecule has 2 atom stereocenters. The number of halogens is 1. The van der Waals surface area contributed by atoms with Crippen molar-refractivity contribution in [3.05, 3.63) is 89.7 Å². The van der Waals surface area contributed by atoms with Gasteiger partial charge in [0, 0.05) is 24.4 Å². The Balaban J connectivity index is 1.10. The molecule has 2 fully saturated rings. The van der Waals surface area contributed by atoms with Crippen LogP contribution in [0.4, 0.5) is 9.18 Å². The summed E-state index contributed by atoms with van der Waals surface area (Å²) < 4.78 is 24.9. The van der Waals surface area contributed by atoms with Crippen molar-refractivity contribution in [1.29, 1.82) is 0 Å². The van der Waals surface area contributed by atoms with Crippen LogP contribution < -0.4 is 4.74 Å². The minimum atomic E-state index is -0.893. The molecule has 6 heteroatoms. The summed E-state index contributed by atoms with van der Waals surface area (Å²) in [6.45, 7) is 0.644. The first-order valence-electron chi connectivity index (χ1n) is 13.2. The first-order chi connectivity index (χ1) is 18.0. The van der Waals surface area contributed by atoms with Crippen LogP contribution in [0.3, 0.4) is 0 Å². The molecule has 2 unspecified atom stereocenters. The summed E-state index contributed by atoms with van der Waals surface area (Å²) in [6, 6.07) is 22.5. The third-order valence-electron chi connectivity index (χ3n) is 8.29. The normalized spacial score (nSPS) is 24.3. The van der Waals surface area contributed by atoms with Crippen molar-refractivity contribution in [1.82, 2.24) is 4.90 Å². The molecule has 3 aromatic rings. The van der Waals surface area contributed by atoms with Crippen molar-refractivity contribution < 1.29 is 23.8 Å². The van der Waals surface area contributed by atoms with Gasteiger partial charge in [-0.1, -0.05) is 48.5 Å². The molecule has 0 saturated carbocycles. The van der Waals surface area contributed by atoms with E-state index in [0.717, 1.165) is 19.3 Å². The fraction of sp³-hybridized carbons (Fsp3) is 0.387. The zero-order valence-corrected chi connectivity index (χ0v) is 20.8. The summed E-state index contributed by atoms with van der Waals surface area (Å²) in [5.41, 5.74) is 3.93. The number of ether oxygens (including phenoxy) is 2. The highest BCUT2D eigenvalue weighted by molar-refractivity contribution is 5.79. The van der Waals surface area contributed by atoms with Crippen LogP contribution in [0.5, 0.6) is 5.75 Å². The van der Waals surface area contributed by atoms with Crippen molar-refractivity contribution in [2.75, 3.05) is 13.2 Å². The Morgan fingerprint density at radius 2 is 1.51 bits per heavy atom. The Bertz CT molecular complexity index is 1220. The Morgan fingerprint density at radius 1 is 0.919 bits per heavy atom. The topological polar surface area (TPSA) is 59.0 Å². The van der Waals surface area contributed by atoms with Gasteiger partial charge < -0.3 is 19.5 Å². The van der Waals surface area contributed by atoms with Crippen LogP contribution in [0.25, 0.3) is 11.1 Å². The van der Waals surface area contributed by atoms with Crippen molar-refractivity contribution >= 4 is 6.09 Å². The molecule has 1 N–H and O–H groups in total. The number of carbonyl (C=O) groups is 1. The molecule has 37 heavy (non-hydrogen) atoms. The molecule has 192 valence electrons. The molecular formula is C31H32FNO4. The van der Waals surface area contributed by atoms with Crippen molar-refractivity contribution in [3.63, 3.8) is 0 Å². The third kappa shape index (κ3) is 4.71. The van der Waals surface area contributed by atoms with Gasteiger partial charge in [0.05, 0.1) is 12.2 Å². The van der Waals surface area contributed by atoms with E-state index < -0.39 is 5.60 Å². The monoisotopic (exact) mass is 501 g/mol. The molecule has 3 aliphatic rings. The SMILES string of the molecule is O=C(OCC1c2ccccc2-c2ccccc21)N1C2CCCC1CC(O)(CCOc1ccc(F)cc1)C2. The van der Waals surface area contributed by atoms with Crippen molar-refractivity contribution in [2.45, 2.75) is 62.1 Å². The summed E-state index contributed by atoms with van der Waals surface area (Å²) in [6.07, 6.45) is 3.99. The van der Waals surface area contributed by atoms with Crippen LogP contribution in [0.2, 0.25) is 0 Å². The lowest BCUT2D eigenvalue weighted by molar-refractivity contribution is -0.0924. The van der Waals surface area contributed by atoms with Crippen LogP contribution >= 0.6 is 0 Å². The van der Waals surface area contributed by atoms with Crippen molar-refractivity contribution in [2.24, 2.45) is 0 Å². The maximum absolute atomic E-state index is 13.4. The van der Waals surface area contributed by atoms with E-state index in [-0.39, 0.29) is 29.9 Å². The summed E-state index contributed by atoms with van der Waals surface area (Å²) in [4.78, 5) is 15.3. The highest BCUT2D eigenvalue weighted by Gasteiger charge is 2.48. The van der Waals surface area contributed by atoms with Gasteiger partial charge >= 0.3 is 6.09 Å². The Hall–Kier alpha value is -3.38. The minimum Gasteiger partial charge on any atom is -0.493 e. The van der Waals surface area contributed by atoms with Gasteiger partial charge in [-0.2, -0.15) is 0 Å². The Morgan fingerprint density at radius 3 is 2.14 bits per heavy atom. The second-order valence-corrected chi connectivity index (χ2v) is 10.6. The van der Waals surface area contributed by atoms with Crippen LogP contribution in [0.1, 0.15) is 55.6 Å². The predicted molar refractivity (Wildman–Crippen MR) is 139 cm³/mol. The number of benzene rings is 3. The number of hydrogen-bond donors (Lipinski definition) is 1. The summed E-state index contributed by atoms with van der Waals surface area (Å²) in [5.74, 6) is 0.308. The molecule has 2 bridgehead atoms. The number of nitrogens with zero attached hydrogens (tertiary/aromatic N) is 1. The molecule has 6 rings (SSSR count). The van der Waals surface area contributed by atoms with E-state index in [2.05, 4.69) is 24.3 Å². The molecule has 0 radical (unpaired) electrons. The first-order valence-corrected chi connectivity index (χ1v) is 13.2. The smallest absolute Gasteiger partial charge is 0.410 e. The molecule has 1 aliphatic carbocycles. The fourth-order valence-corrected chi connectivity index (χ4v) is 6.59. The van der Waals surface area contributed by atoms with Crippen LogP contribution in [-0.4, -0.2) is 47.0 Å². The Kier molecular flexibility index (Phi) is 6.37. The fourth-order valence-electron chi connectivity index (χ4n) is 6.59. The molecule has 2 saturated heterocycles. The number of carbonyl (C=O) groups excluding carboxylic acids is 1. The molecule has 2 aliphatic heterocycles. The van der Waals surface area contributed by atoms with Gasteiger partial charge in [0.15, 0.2) is 0 Å². The van der Waals surface area contributed by atoms with Gasteiger partial charge in [0.2, 0.25) is 0 Å². The Labute approximate surface area is 216 Å².